The Morgan fingerprint density at radius 1 is 1.50 bits per heavy atom. The Balaban J connectivity index is 3.10. The fraction of sp³-hybridized carbons (Fsp3) is 0.556. The van der Waals surface area contributed by atoms with E-state index in [1.807, 2.05) is 14.1 Å². The summed E-state index contributed by atoms with van der Waals surface area (Å²) in [5.74, 6) is 0.917. The van der Waals surface area contributed by atoms with Gasteiger partial charge in [0.15, 0.2) is 0 Å². The van der Waals surface area contributed by atoms with Crippen molar-refractivity contribution in [1.82, 2.24) is 14.9 Å². The summed E-state index contributed by atoms with van der Waals surface area (Å²) >= 11 is 8.58. The Labute approximate surface area is 97.7 Å². The summed E-state index contributed by atoms with van der Waals surface area (Å²) in [5, 5.41) is 0. The minimum absolute atomic E-state index is 0.637. The zero-order chi connectivity index (χ0) is 10.7. The third-order valence-electron chi connectivity index (χ3n) is 1.80. The van der Waals surface area contributed by atoms with E-state index in [1.54, 1.807) is 0 Å². The van der Waals surface area contributed by atoms with Crippen LogP contribution in [0.2, 0.25) is 0 Å². The summed E-state index contributed by atoms with van der Waals surface area (Å²) in [6.45, 7) is 2.87. The van der Waals surface area contributed by atoms with Crippen molar-refractivity contribution in [3.8, 4) is 0 Å². The normalized spacial score (nSPS) is 10.9. The zero-order valence-corrected chi connectivity index (χ0v) is 11.0. The zero-order valence-electron chi connectivity index (χ0n) is 8.59. The number of hydrogen-bond acceptors (Lipinski definition) is 3. The van der Waals surface area contributed by atoms with Crippen molar-refractivity contribution in [2.75, 3.05) is 14.1 Å². The first-order valence-corrected chi connectivity index (χ1v) is 5.67. The lowest BCUT2D eigenvalue weighted by Gasteiger charge is -2.11. The fourth-order valence-electron chi connectivity index (χ4n) is 1.18. The van der Waals surface area contributed by atoms with Crippen LogP contribution in [0.25, 0.3) is 0 Å². The second kappa shape index (κ2) is 5.00. The van der Waals surface area contributed by atoms with E-state index in [0.29, 0.717) is 4.64 Å². The second-order valence-electron chi connectivity index (χ2n) is 3.37. The second-order valence-corrected chi connectivity index (χ2v) is 4.55. The van der Waals surface area contributed by atoms with Crippen molar-refractivity contribution in [1.29, 1.82) is 0 Å². The summed E-state index contributed by atoms with van der Waals surface area (Å²) in [6.07, 6.45) is 0.924. The van der Waals surface area contributed by atoms with Crippen LogP contribution in [0.1, 0.15) is 18.4 Å². The number of aromatic amines is 1. The average molecular weight is 276 g/mol. The van der Waals surface area contributed by atoms with Crippen molar-refractivity contribution < 1.29 is 0 Å². The molecule has 0 bridgehead atoms. The van der Waals surface area contributed by atoms with Crippen LogP contribution in [-0.2, 0) is 13.0 Å². The van der Waals surface area contributed by atoms with Crippen LogP contribution >= 0.6 is 28.1 Å². The lowest BCUT2D eigenvalue weighted by atomic mass is 10.3. The van der Waals surface area contributed by atoms with Crippen LogP contribution in [-0.4, -0.2) is 29.0 Å². The van der Waals surface area contributed by atoms with Gasteiger partial charge in [0.2, 0.25) is 0 Å². The molecule has 0 saturated heterocycles. The van der Waals surface area contributed by atoms with Gasteiger partial charge < -0.3 is 9.88 Å². The highest BCUT2D eigenvalue weighted by molar-refractivity contribution is 9.10. The molecule has 0 atom stereocenters. The van der Waals surface area contributed by atoms with Gasteiger partial charge in [0, 0.05) is 5.69 Å². The Bertz CT molecular complexity index is 373. The molecule has 0 aliphatic rings. The molecule has 0 amide bonds. The molecule has 1 N–H and O–H groups in total. The number of rotatable bonds is 3. The predicted octanol–water partition coefficient (Wildman–Crippen LogP) is 2.53. The first kappa shape index (κ1) is 11.8. The molecule has 1 heterocycles. The third-order valence-corrected chi connectivity index (χ3v) is 3.22. The molecule has 5 heteroatoms. The van der Waals surface area contributed by atoms with Gasteiger partial charge in [0.05, 0.1) is 11.0 Å². The van der Waals surface area contributed by atoms with E-state index in [4.69, 9.17) is 12.2 Å². The maximum Gasteiger partial charge on any atom is 0.144 e. The quantitative estimate of drug-likeness (QED) is 0.861. The number of halogens is 1. The fourth-order valence-corrected chi connectivity index (χ4v) is 1.88. The highest BCUT2D eigenvalue weighted by atomic mass is 79.9. The molecule has 0 saturated carbocycles. The van der Waals surface area contributed by atoms with Gasteiger partial charge in [-0.3, -0.25) is 0 Å². The number of nitrogens with zero attached hydrogens (tertiary/aromatic N) is 2. The molecule has 0 unspecified atom stereocenters. The van der Waals surface area contributed by atoms with Gasteiger partial charge in [-0.25, -0.2) is 4.98 Å². The summed E-state index contributed by atoms with van der Waals surface area (Å²) < 4.78 is 1.55. The van der Waals surface area contributed by atoms with Gasteiger partial charge in [-0.05, 0) is 36.4 Å². The van der Waals surface area contributed by atoms with Crippen LogP contribution < -0.4 is 0 Å². The van der Waals surface area contributed by atoms with Gasteiger partial charge in [-0.15, -0.1) is 0 Å². The standard InChI is InChI=1S/C9H14BrN3S/c1-4-6-8(10)9(14)12-7(11-6)5-13(2)3/h4-5H2,1-3H3,(H,11,12,14). The number of aryl methyl sites for hydroxylation is 1. The molecule has 1 rings (SSSR count). The molecule has 0 spiro atoms. The Morgan fingerprint density at radius 3 is 2.64 bits per heavy atom. The maximum absolute atomic E-state index is 5.15. The average Bonchev–Trinajstić information content (AvgIpc) is 2.10. The molecule has 14 heavy (non-hydrogen) atoms. The number of H-pyrrole nitrogens is 1. The Morgan fingerprint density at radius 2 is 2.14 bits per heavy atom. The highest BCUT2D eigenvalue weighted by Gasteiger charge is 2.04. The topological polar surface area (TPSA) is 31.9 Å². The van der Waals surface area contributed by atoms with Crippen molar-refractivity contribution in [3.63, 3.8) is 0 Å². The summed E-state index contributed by atoms with van der Waals surface area (Å²) in [7, 11) is 4.01. The first-order chi connectivity index (χ1) is 6.54. The number of aromatic nitrogens is 2. The molecule has 78 valence electrons. The SMILES string of the molecule is CCc1[nH]c(CN(C)C)nc(=S)c1Br. The molecule has 3 nitrogen and oxygen atoms in total. The molecule has 0 aliphatic carbocycles. The lowest BCUT2D eigenvalue weighted by molar-refractivity contribution is 0.389. The van der Waals surface area contributed by atoms with Crippen LogP contribution in [0, 0.1) is 4.64 Å². The van der Waals surface area contributed by atoms with Crippen LogP contribution in [0.4, 0.5) is 0 Å². The van der Waals surface area contributed by atoms with Crippen molar-refractivity contribution >= 4 is 28.1 Å². The lowest BCUT2D eigenvalue weighted by Crippen LogP contribution is -2.14. The minimum Gasteiger partial charge on any atom is -0.345 e. The van der Waals surface area contributed by atoms with Gasteiger partial charge in [-0.1, -0.05) is 19.1 Å². The Kier molecular flexibility index (Phi) is 4.22. The molecule has 0 aliphatic heterocycles. The number of hydrogen-bond donors (Lipinski definition) is 1. The monoisotopic (exact) mass is 275 g/mol. The van der Waals surface area contributed by atoms with Crippen molar-refractivity contribution in [2.45, 2.75) is 19.9 Å². The van der Waals surface area contributed by atoms with Crippen molar-refractivity contribution in [2.24, 2.45) is 0 Å². The molecule has 0 aromatic carbocycles. The van der Waals surface area contributed by atoms with E-state index in [0.717, 1.165) is 29.0 Å². The van der Waals surface area contributed by atoms with Gasteiger partial charge in [-0.2, -0.15) is 0 Å². The molecule has 1 aromatic rings. The highest BCUT2D eigenvalue weighted by Crippen LogP contribution is 2.16. The van der Waals surface area contributed by atoms with Crippen molar-refractivity contribution in [3.05, 3.63) is 20.6 Å². The third kappa shape index (κ3) is 2.87. The van der Waals surface area contributed by atoms with Crippen LogP contribution in [0.5, 0.6) is 0 Å². The smallest absolute Gasteiger partial charge is 0.144 e. The van der Waals surface area contributed by atoms with E-state index in [1.165, 1.54) is 0 Å². The summed E-state index contributed by atoms with van der Waals surface area (Å²) in [4.78, 5) is 9.62. The summed E-state index contributed by atoms with van der Waals surface area (Å²) in [5.41, 5.74) is 1.11. The first-order valence-electron chi connectivity index (χ1n) is 4.47. The molecule has 0 radical (unpaired) electrons. The van der Waals surface area contributed by atoms with Crippen LogP contribution in [0.3, 0.4) is 0 Å². The molecule has 1 aromatic heterocycles. The van der Waals surface area contributed by atoms with E-state index in [2.05, 4.69) is 37.7 Å². The van der Waals surface area contributed by atoms with E-state index < -0.39 is 0 Å². The molecule has 0 fully saturated rings. The van der Waals surface area contributed by atoms with Crippen LogP contribution in [0.15, 0.2) is 4.47 Å². The van der Waals surface area contributed by atoms with E-state index in [9.17, 15) is 0 Å². The van der Waals surface area contributed by atoms with Gasteiger partial charge >= 0.3 is 0 Å². The molecular weight excluding hydrogens is 262 g/mol. The van der Waals surface area contributed by atoms with E-state index in [-0.39, 0.29) is 0 Å². The number of nitrogens with one attached hydrogen (secondary N) is 1. The predicted molar refractivity (Wildman–Crippen MR) is 63.9 cm³/mol. The molecular formula is C9H14BrN3S. The van der Waals surface area contributed by atoms with Gasteiger partial charge in [0.1, 0.15) is 10.5 Å². The minimum atomic E-state index is 0.637. The Hall–Kier alpha value is -0.260. The largest absolute Gasteiger partial charge is 0.345 e. The maximum atomic E-state index is 5.15. The van der Waals surface area contributed by atoms with Gasteiger partial charge in [0.25, 0.3) is 0 Å². The summed E-state index contributed by atoms with van der Waals surface area (Å²) in [6, 6.07) is 0. The van der Waals surface area contributed by atoms with E-state index >= 15 is 0 Å².